The summed E-state index contributed by atoms with van der Waals surface area (Å²) in [7, 11) is 0. The molecule has 0 unspecified atom stereocenters. The van der Waals surface area contributed by atoms with E-state index in [4.69, 9.17) is 11.6 Å². The van der Waals surface area contributed by atoms with Crippen molar-refractivity contribution in [3.05, 3.63) is 50.9 Å². The Balaban J connectivity index is 2.01. The lowest BCUT2D eigenvalue weighted by molar-refractivity contribution is 0.0955. The van der Waals surface area contributed by atoms with Crippen LogP contribution in [0.25, 0.3) is 0 Å². The van der Waals surface area contributed by atoms with Crippen LogP contribution in [-0.2, 0) is 0 Å². The number of halogens is 1. The van der Waals surface area contributed by atoms with Crippen LogP contribution in [0.3, 0.4) is 0 Å². The largest absolute Gasteiger partial charge is 0.274 e. The van der Waals surface area contributed by atoms with E-state index < -0.39 is 0 Å². The molecule has 92 valence electrons. The minimum atomic E-state index is -0.377. The fourth-order valence-electron chi connectivity index (χ4n) is 1.29. The minimum absolute atomic E-state index is 0.164. The summed E-state index contributed by atoms with van der Waals surface area (Å²) < 4.78 is 0. The van der Waals surface area contributed by atoms with Crippen LogP contribution in [0.4, 0.5) is 0 Å². The number of hydrazone groups is 1. The molecule has 1 amide bonds. The predicted molar refractivity (Wildman–Crippen MR) is 73.4 cm³/mol. The minimum Gasteiger partial charge on any atom is -0.267 e. The van der Waals surface area contributed by atoms with Crippen LogP contribution in [0.15, 0.2) is 35.6 Å². The molecule has 1 N–H and O–H groups in total. The summed E-state index contributed by atoms with van der Waals surface area (Å²) in [5.41, 5.74) is 2.71. The molecular weight excluding hydrogens is 270 g/mol. The number of aromatic nitrogens is 1. The lowest BCUT2D eigenvalue weighted by Gasteiger charge is -2.00. The second-order valence-electron chi connectivity index (χ2n) is 3.49. The zero-order chi connectivity index (χ0) is 13.0. The van der Waals surface area contributed by atoms with Crippen molar-refractivity contribution in [3.8, 4) is 0 Å². The highest BCUT2D eigenvalue weighted by atomic mass is 35.5. The van der Waals surface area contributed by atoms with Crippen molar-refractivity contribution in [1.29, 1.82) is 0 Å². The van der Waals surface area contributed by atoms with Crippen LogP contribution >= 0.6 is 22.9 Å². The molecule has 0 aliphatic heterocycles. The number of amides is 1. The van der Waals surface area contributed by atoms with E-state index >= 15 is 0 Å². The first-order valence-corrected chi connectivity index (χ1v) is 6.36. The maximum atomic E-state index is 11.7. The van der Waals surface area contributed by atoms with E-state index in [0.717, 1.165) is 4.88 Å². The average molecular weight is 280 g/mol. The summed E-state index contributed by atoms with van der Waals surface area (Å²) in [4.78, 5) is 17.7. The number of carbonyl (C=O) groups is 1. The first-order chi connectivity index (χ1) is 8.66. The topological polar surface area (TPSA) is 54.4 Å². The van der Waals surface area contributed by atoms with Crippen molar-refractivity contribution in [2.75, 3.05) is 0 Å². The molecule has 0 aromatic carbocycles. The molecule has 0 bridgehead atoms. The van der Waals surface area contributed by atoms with Gasteiger partial charge in [-0.05, 0) is 31.2 Å². The Kier molecular flexibility index (Phi) is 4.07. The first-order valence-electron chi connectivity index (χ1n) is 5.17. The fraction of sp³-hybridized carbons (Fsp3) is 0.0833. The SMILES string of the molecule is Cc1ccc(C=NNC(=O)c2cccnc2Cl)s1. The van der Waals surface area contributed by atoms with Crippen LogP contribution in [0, 0.1) is 6.92 Å². The van der Waals surface area contributed by atoms with E-state index in [0.29, 0.717) is 5.56 Å². The lowest BCUT2D eigenvalue weighted by atomic mass is 10.3. The van der Waals surface area contributed by atoms with Crippen molar-refractivity contribution in [2.45, 2.75) is 6.92 Å². The second-order valence-corrected chi connectivity index (χ2v) is 5.17. The Morgan fingerprint density at radius 3 is 3.00 bits per heavy atom. The molecular formula is C12H10ClN3OS. The molecule has 0 radical (unpaired) electrons. The highest BCUT2D eigenvalue weighted by Crippen LogP contribution is 2.13. The summed E-state index contributed by atoms with van der Waals surface area (Å²) in [6.45, 7) is 2.01. The quantitative estimate of drug-likeness (QED) is 0.534. The smallest absolute Gasteiger partial charge is 0.267 e. The van der Waals surface area contributed by atoms with Gasteiger partial charge >= 0.3 is 0 Å². The van der Waals surface area contributed by atoms with Gasteiger partial charge < -0.3 is 0 Å². The zero-order valence-electron chi connectivity index (χ0n) is 9.55. The Morgan fingerprint density at radius 2 is 2.33 bits per heavy atom. The van der Waals surface area contributed by atoms with Gasteiger partial charge in [0.1, 0.15) is 5.15 Å². The van der Waals surface area contributed by atoms with Gasteiger partial charge in [-0.2, -0.15) is 5.10 Å². The van der Waals surface area contributed by atoms with Gasteiger partial charge in [0, 0.05) is 16.0 Å². The summed E-state index contributed by atoms with van der Waals surface area (Å²) >= 11 is 7.40. The Labute approximate surface area is 113 Å². The summed E-state index contributed by atoms with van der Waals surface area (Å²) in [6.07, 6.45) is 3.12. The van der Waals surface area contributed by atoms with Crippen molar-refractivity contribution in [3.63, 3.8) is 0 Å². The molecule has 18 heavy (non-hydrogen) atoms. The number of nitrogens with zero attached hydrogens (tertiary/aromatic N) is 2. The second kappa shape index (κ2) is 5.75. The van der Waals surface area contributed by atoms with E-state index in [2.05, 4.69) is 15.5 Å². The van der Waals surface area contributed by atoms with Crippen LogP contribution in [0.2, 0.25) is 5.15 Å². The third kappa shape index (κ3) is 3.15. The number of carbonyl (C=O) groups excluding carboxylic acids is 1. The number of rotatable bonds is 3. The van der Waals surface area contributed by atoms with Gasteiger partial charge in [-0.3, -0.25) is 4.79 Å². The van der Waals surface area contributed by atoms with Gasteiger partial charge in [0.15, 0.2) is 0 Å². The predicted octanol–water partition coefficient (Wildman–Crippen LogP) is 2.87. The van der Waals surface area contributed by atoms with E-state index in [1.54, 1.807) is 29.7 Å². The molecule has 2 heterocycles. The summed E-state index contributed by atoms with van der Waals surface area (Å²) in [5.74, 6) is -0.377. The van der Waals surface area contributed by atoms with Crippen LogP contribution < -0.4 is 5.43 Å². The van der Waals surface area contributed by atoms with Gasteiger partial charge in [-0.25, -0.2) is 10.4 Å². The Bertz CT molecular complexity index is 595. The highest BCUT2D eigenvalue weighted by Gasteiger charge is 2.08. The van der Waals surface area contributed by atoms with E-state index in [1.165, 1.54) is 11.1 Å². The van der Waals surface area contributed by atoms with Crippen molar-refractivity contribution in [1.82, 2.24) is 10.4 Å². The van der Waals surface area contributed by atoms with E-state index in [1.807, 2.05) is 19.1 Å². The average Bonchev–Trinajstić information content (AvgIpc) is 2.75. The molecule has 2 aromatic rings. The number of thiophene rings is 1. The molecule has 0 aliphatic carbocycles. The maximum Gasteiger partial charge on any atom is 0.274 e. The van der Waals surface area contributed by atoms with Gasteiger partial charge in [0.25, 0.3) is 5.91 Å². The highest BCUT2D eigenvalue weighted by molar-refractivity contribution is 7.13. The van der Waals surface area contributed by atoms with Crippen molar-refractivity contribution in [2.24, 2.45) is 5.10 Å². The monoisotopic (exact) mass is 279 g/mol. The molecule has 0 spiro atoms. The number of hydrogen-bond donors (Lipinski definition) is 1. The van der Waals surface area contributed by atoms with Crippen molar-refractivity contribution >= 4 is 35.1 Å². The van der Waals surface area contributed by atoms with Crippen LogP contribution in [0.5, 0.6) is 0 Å². The molecule has 0 saturated carbocycles. The van der Waals surface area contributed by atoms with Gasteiger partial charge in [0.05, 0.1) is 11.8 Å². The molecule has 2 rings (SSSR count). The molecule has 4 nitrogen and oxygen atoms in total. The number of pyridine rings is 1. The number of aryl methyl sites for hydroxylation is 1. The van der Waals surface area contributed by atoms with Crippen molar-refractivity contribution < 1.29 is 4.79 Å². The molecule has 0 saturated heterocycles. The fourth-order valence-corrected chi connectivity index (χ4v) is 2.25. The third-order valence-corrected chi connectivity index (χ3v) is 3.36. The van der Waals surface area contributed by atoms with Crippen LogP contribution in [-0.4, -0.2) is 17.1 Å². The Morgan fingerprint density at radius 1 is 1.50 bits per heavy atom. The summed E-state index contributed by atoms with van der Waals surface area (Å²) in [5, 5.41) is 4.04. The van der Waals surface area contributed by atoms with E-state index in [-0.39, 0.29) is 11.1 Å². The first kappa shape index (κ1) is 12.7. The molecule has 0 atom stereocenters. The number of nitrogens with one attached hydrogen (secondary N) is 1. The standard InChI is InChI=1S/C12H10ClN3OS/c1-8-4-5-9(18-8)7-15-16-12(17)10-3-2-6-14-11(10)13/h2-7H,1H3,(H,16,17). The van der Waals surface area contributed by atoms with E-state index in [9.17, 15) is 4.79 Å². The zero-order valence-corrected chi connectivity index (χ0v) is 11.1. The normalized spacial score (nSPS) is 10.8. The molecule has 2 aromatic heterocycles. The van der Waals surface area contributed by atoms with Gasteiger partial charge in [-0.15, -0.1) is 11.3 Å². The maximum absolute atomic E-state index is 11.7. The third-order valence-electron chi connectivity index (χ3n) is 2.12. The molecule has 6 heteroatoms. The summed E-state index contributed by atoms with van der Waals surface area (Å²) in [6, 6.07) is 7.17. The number of hydrogen-bond acceptors (Lipinski definition) is 4. The molecule has 0 fully saturated rings. The molecule has 0 aliphatic rings. The van der Waals surface area contributed by atoms with Gasteiger partial charge in [0.2, 0.25) is 0 Å². The lowest BCUT2D eigenvalue weighted by Crippen LogP contribution is -2.18. The Hall–Kier alpha value is -1.72. The van der Waals surface area contributed by atoms with Crippen LogP contribution in [0.1, 0.15) is 20.1 Å². The van der Waals surface area contributed by atoms with Gasteiger partial charge in [-0.1, -0.05) is 11.6 Å².